The Balaban J connectivity index is 1.60. The van der Waals surface area contributed by atoms with Crippen LogP contribution in [0.15, 0.2) is 48.2 Å². The summed E-state index contributed by atoms with van der Waals surface area (Å²) in [6.07, 6.45) is 14.9. The smallest absolute Gasteiger partial charge is 0.131 e. The van der Waals surface area contributed by atoms with Crippen LogP contribution in [-0.2, 0) is 11.2 Å². The molecule has 2 heteroatoms. The third kappa shape index (κ3) is 6.39. The molecule has 2 aromatic rings. The predicted octanol–water partition coefficient (Wildman–Crippen LogP) is 8.29. The highest BCUT2D eigenvalue weighted by molar-refractivity contribution is 5.63. The number of fused-ring (bicyclic) bond motifs is 2. The van der Waals surface area contributed by atoms with E-state index in [-0.39, 0.29) is 0 Å². The third-order valence-electron chi connectivity index (χ3n) is 5.65. The van der Waals surface area contributed by atoms with Crippen LogP contribution in [0.5, 0.6) is 11.5 Å². The zero-order valence-electron chi connectivity index (χ0n) is 18.2. The van der Waals surface area contributed by atoms with E-state index in [1.807, 2.05) is 6.07 Å². The Morgan fingerprint density at radius 2 is 1.59 bits per heavy atom. The molecule has 0 bridgehead atoms. The van der Waals surface area contributed by atoms with Crippen molar-refractivity contribution in [2.45, 2.75) is 78.1 Å². The molecule has 0 saturated carbocycles. The van der Waals surface area contributed by atoms with Gasteiger partial charge < -0.3 is 9.47 Å². The highest BCUT2D eigenvalue weighted by Gasteiger charge is 2.18. The summed E-state index contributed by atoms with van der Waals surface area (Å²) >= 11 is 0. The molecule has 29 heavy (non-hydrogen) atoms. The number of hydrogen-bond donors (Lipinski definition) is 0. The summed E-state index contributed by atoms with van der Waals surface area (Å²) in [5.74, 6) is 3.05. The lowest BCUT2D eigenvalue weighted by atomic mass is 9.95. The molecule has 0 amide bonds. The van der Waals surface area contributed by atoms with Crippen molar-refractivity contribution in [1.82, 2.24) is 0 Å². The van der Waals surface area contributed by atoms with E-state index in [9.17, 15) is 0 Å². The first-order valence-electron chi connectivity index (χ1n) is 11.5. The van der Waals surface area contributed by atoms with Crippen LogP contribution in [-0.4, -0.2) is 6.61 Å². The van der Waals surface area contributed by atoms with Crippen molar-refractivity contribution in [3.63, 3.8) is 0 Å². The van der Waals surface area contributed by atoms with Crippen LogP contribution in [0, 0.1) is 0 Å². The molecule has 1 aliphatic rings. The van der Waals surface area contributed by atoms with Gasteiger partial charge >= 0.3 is 0 Å². The maximum absolute atomic E-state index is 6.14. The standard InChI is InChI=1S/C27H36O2/c1-3-5-6-7-8-9-10-11-17-24(28-4-2)20-22-16-14-19-27-25(22)21-23-15-12-13-18-26(23)29-27/h12-16,18-20H,3-11,17,21H2,1-2H3. The second-order valence-corrected chi connectivity index (χ2v) is 7.98. The fraction of sp³-hybridized carbons (Fsp3) is 0.481. The molecule has 0 fully saturated rings. The van der Waals surface area contributed by atoms with Crippen LogP contribution in [0.3, 0.4) is 0 Å². The average Bonchev–Trinajstić information content (AvgIpc) is 2.74. The van der Waals surface area contributed by atoms with Gasteiger partial charge in [-0.05, 0) is 42.7 Å². The van der Waals surface area contributed by atoms with Crippen LogP contribution in [0.1, 0.15) is 88.3 Å². The van der Waals surface area contributed by atoms with Gasteiger partial charge in [-0.2, -0.15) is 0 Å². The van der Waals surface area contributed by atoms with Crippen LogP contribution in [0.2, 0.25) is 0 Å². The van der Waals surface area contributed by atoms with Gasteiger partial charge in [0.2, 0.25) is 0 Å². The van der Waals surface area contributed by atoms with E-state index >= 15 is 0 Å². The normalized spacial score (nSPS) is 12.8. The lowest BCUT2D eigenvalue weighted by molar-refractivity contribution is 0.220. The molecule has 0 N–H and O–H groups in total. The molecule has 156 valence electrons. The van der Waals surface area contributed by atoms with Crippen LogP contribution in [0.4, 0.5) is 0 Å². The highest BCUT2D eigenvalue weighted by atomic mass is 16.5. The SMILES string of the molecule is CCCCCCCCCCC(=Cc1cccc2c1Cc1ccccc1O2)OCC. The van der Waals surface area contributed by atoms with Gasteiger partial charge in [0.25, 0.3) is 0 Å². The van der Waals surface area contributed by atoms with E-state index in [2.05, 4.69) is 56.3 Å². The average molecular weight is 393 g/mol. The number of para-hydroxylation sites is 1. The Hall–Kier alpha value is -2.22. The molecule has 2 nitrogen and oxygen atoms in total. The lowest BCUT2D eigenvalue weighted by Gasteiger charge is -2.22. The molecule has 3 rings (SSSR count). The van der Waals surface area contributed by atoms with Crippen molar-refractivity contribution >= 4 is 6.08 Å². The number of hydrogen-bond acceptors (Lipinski definition) is 2. The summed E-state index contributed by atoms with van der Waals surface area (Å²) in [7, 11) is 0. The number of benzene rings is 2. The first-order valence-corrected chi connectivity index (χ1v) is 11.5. The Bertz CT molecular complexity index is 791. The van der Waals surface area contributed by atoms with Gasteiger partial charge in [0, 0.05) is 18.4 Å². The van der Waals surface area contributed by atoms with Gasteiger partial charge in [0.05, 0.1) is 12.4 Å². The van der Waals surface area contributed by atoms with E-state index in [0.29, 0.717) is 0 Å². The largest absolute Gasteiger partial charge is 0.498 e. The molecule has 0 aromatic heterocycles. The van der Waals surface area contributed by atoms with E-state index in [4.69, 9.17) is 9.47 Å². The maximum Gasteiger partial charge on any atom is 0.131 e. The molecule has 0 spiro atoms. The van der Waals surface area contributed by atoms with Gasteiger partial charge in [-0.3, -0.25) is 0 Å². The Kier molecular flexibility index (Phi) is 8.67. The van der Waals surface area contributed by atoms with Crippen LogP contribution < -0.4 is 4.74 Å². The van der Waals surface area contributed by atoms with Crippen molar-refractivity contribution < 1.29 is 9.47 Å². The molecule has 0 saturated heterocycles. The van der Waals surface area contributed by atoms with Gasteiger partial charge in [-0.1, -0.05) is 82.2 Å². The predicted molar refractivity (Wildman–Crippen MR) is 123 cm³/mol. The minimum absolute atomic E-state index is 0.719. The zero-order chi connectivity index (χ0) is 20.3. The molecular weight excluding hydrogens is 356 g/mol. The fourth-order valence-electron chi connectivity index (χ4n) is 4.04. The summed E-state index contributed by atoms with van der Waals surface area (Å²) in [4.78, 5) is 0. The van der Waals surface area contributed by atoms with Gasteiger partial charge in [0.15, 0.2) is 0 Å². The molecule has 1 heterocycles. The van der Waals surface area contributed by atoms with Gasteiger partial charge in [-0.25, -0.2) is 0 Å². The summed E-state index contributed by atoms with van der Waals surface area (Å²) < 4.78 is 12.1. The Labute approximate surface area is 176 Å². The Morgan fingerprint density at radius 3 is 2.38 bits per heavy atom. The van der Waals surface area contributed by atoms with Gasteiger partial charge in [-0.15, -0.1) is 0 Å². The second-order valence-electron chi connectivity index (χ2n) is 7.98. The first-order chi connectivity index (χ1) is 14.3. The summed E-state index contributed by atoms with van der Waals surface area (Å²) in [5, 5.41) is 0. The van der Waals surface area contributed by atoms with Crippen LogP contribution in [0.25, 0.3) is 6.08 Å². The topological polar surface area (TPSA) is 18.5 Å². The second kappa shape index (κ2) is 11.7. The highest BCUT2D eigenvalue weighted by Crippen LogP contribution is 2.38. The number of unbranched alkanes of at least 4 members (excludes halogenated alkanes) is 7. The molecule has 0 unspecified atom stereocenters. The first kappa shape index (κ1) is 21.5. The molecular formula is C27H36O2. The van der Waals surface area contributed by atoms with Crippen molar-refractivity contribution in [3.05, 3.63) is 64.9 Å². The van der Waals surface area contributed by atoms with E-state index in [1.165, 1.54) is 68.1 Å². The molecule has 0 aliphatic carbocycles. The van der Waals surface area contributed by atoms with Crippen molar-refractivity contribution in [2.24, 2.45) is 0 Å². The zero-order valence-corrected chi connectivity index (χ0v) is 18.2. The summed E-state index contributed by atoms with van der Waals surface area (Å²) in [5.41, 5.74) is 3.74. The van der Waals surface area contributed by atoms with E-state index in [0.717, 1.165) is 36.7 Å². The number of rotatable bonds is 12. The quantitative estimate of drug-likeness (QED) is 0.228. The molecule has 0 atom stereocenters. The number of ether oxygens (including phenoxy) is 2. The fourth-order valence-corrected chi connectivity index (χ4v) is 4.04. The van der Waals surface area contributed by atoms with Crippen molar-refractivity contribution in [1.29, 1.82) is 0 Å². The Morgan fingerprint density at radius 1 is 0.862 bits per heavy atom. The van der Waals surface area contributed by atoms with Crippen LogP contribution >= 0.6 is 0 Å². The minimum atomic E-state index is 0.719. The minimum Gasteiger partial charge on any atom is -0.498 e. The maximum atomic E-state index is 6.14. The van der Waals surface area contributed by atoms with Gasteiger partial charge in [0.1, 0.15) is 11.5 Å². The number of allylic oxidation sites excluding steroid dienone is 1. The molecule has 1 aliphatic heterocycles. The summed E-state index contributed by atoms with van der Waals surface area (Å²) in [6.45, 7) is 5.06. The molecule has 2 aromatic carbocycles. The monoisotopic (exact) mass is 392 g/mol. The van der Waals surface area contributed by atoms with Crippen molar-refractivity contribution in [3.8, 4) is 11.5 Å². The summed E-state index contributed by atoms with van der Waals surface area (Å²) in [6, 6.07) is 14.7. The van der Waals surface area contributed by atoms with E-state index in [1.54, 1.807) is 0 Å². The lowest BCUT2D eigenvalue weighted by Crippen LogP contribution is -2.05. The third-order valence-corrected chi connectivity index (χ3v) is 5.65. The van der Waals surface area contributed by atoms with Crippen molar-refractivity contribution in [2.75, 3.05) is 6.61 Å². The molecule has 0 radical (unpaired) electrons. The van der Waals surface area contributed by atoms with E-state index < -0.39 is 0 Å².